The van der Waals surface area contributed by atoms with Crippen LogP contribution in [0.15, 0.2) is 42.6 Å². The molecule has 0 atom stereocenters. The van der Waals surface area contributed by atoms with Gasteiger partial charge in [-0.2, -0.15) is 0 Å². The number of ether oxygens (including phenoxy) is 1. The first-order valence-electron chi connectivity index (χ1n) is 5.41. The van der Waals surface area contributed by atoms with Crippen LogP contribution in [-0.2, 0) is 0 Å². The van der Waals surface area contributed by atoms with E-state index in [1.54, 1.807) is 0 Å². The van der Waals surface area contributed by atoms with Crippen molar-refractivity contribution in [2.24, 2.45) is 0 Å². The molecular weight excluding hydrogens is 275 g/mol. The van der Waals surface area contributed by atoms with E-state index >= 15 is 0 Å². The average molecular weight is 283 g/mol. The summed E-state index contributed by atoms with van der Waals surface area (Å²) in [4.78, 5) is 14.5. The molecule has 1 aromatic carbocycles. The van der Waals surface area contributed by atoms with E-state index in [9.17, 15) is 18.0 Å². The molecule has 0 aliphatic heterocycles. The Labute approximate surface area is 111 Å². The lowest BCUT2D eigenvalue weighted by Gasteiger charge is -2.12. The van der Waals surface area contributed by atoms with Crippen LogP contribution in [0.2, 0.25) is 0 Å². The summed E-state index contributed by atoms with van der Waals surface area (Å²) in [6.07, 6.45) is -3.74. The van der Waals surface area contributed by atoms with Gasteiger partial charge in [0.25, 0.3) is 0 Å². The van der Waals surface area contributed by atoms with Gasteiger partial charge in [-0.25, -0.2) is 4.79 Å². The Balaban J connectivity index is 2.39. The van der Waals surface area contributed by atoms with Crippen molar-refractivity contribution in [3.8, 4) is 17.0 Å². The SMILES string of the molecule is O=C(O)c1ccc(-c2ccccc2OC(F)(F)F)nc1. The van der Waals surface area contributed by atoms with Gasteiger partial charge in [0.05, 0.1) is 11.3 Å². The number of hydrogen-bond acceptors (Lipinski definition) is 3. The molecule has 1 heterocycles. The lowest BCUT2D eigenvalue weighted by Crippen LogP contribution is -2.17. The van der Waals surface area contributed by atoms with Gasteiger partial charge in [-0.05, 0) is 24.3 Å². The number of para-hydroxylation sites is 1. The molecule has 0 bridgehead atoms. The maximum Gasteiger partial charge on any atom is 0.573 e. The molecule has 0 radical (unpaired) electrons. The van der Waals surface area contributed by atoms with Crippen molar-refractivity contribution in [3.05, 3.63) is 48.2 Å². The summed E-state index contributed by atoms with van der Waals surface area (Å²) in [6.45, 7) is 0. The van der Waals surface area contributed by atoms with Gasteiger partial charge in [-0.1, -0.05) is 12.1 Å². The number of carboxylic acid groups (broad SMARTS) is 1. The third kappa shape index (κ3) is 3.25. The van der Waals surface area contributed by atoms with E-state index in [0.717, 1.165) is 12.3 Å². The highest BCUT2D eigenvalue weighted by Crippen LogP contribution is 2.32. The Morgan fingerprint density at radius 3 is 2.40 bits per heavy atom. The monoisotopic (exact) mass is 283 g/mol. The number of carboxylic acids is 1. The number of benzene rings is 1. The van der Waals surface area contributed by atoms with E-state index < -0.39 is 18.1 Å². The predicted octanol–water partition coefficient (Wildman–Crippen LogP) is 3.35. The van der Waals surface area contributed by atoms with E-state index in [1.807, 2.05) is 0 Å². The molecule has 0 saturated heterocycles. The minimum absolute atomic E-state index is 0.0528. The Hall–Kier alpha value is -2.57. The summed E-state index contributed by atoms with van der Waals surface area (Å²) in [7, 11) is 0. The lowest BCUT2D eigenvalue weighted by atomic mass is 10.1. The molecule has 2 rings (SSSR count). The third-order valence-electron chi connectivity index (χ3n) is 2.40. The quantitative estimate of drug-likeness (QED) is 0.938. The fourth-order valence-corrected chi connectivity index (χ4v) is 1.57. The van der Waals surface area contributed by atoms with E-state index in [-0.39, 0.29) is 16.8 Å². The fourth-order valence-electron chi connectivity index (χ4n) is 1.57. The number of carbonyl (C=O) groups is 1. The molecule has 1 N–H and O–H groups in total. The smallest absolute Gasteiger partial charge is 0.478 e. The van der Waals surface area contributed by atoms with Gasteiger partial charge < -0.3 is 9.84 Å². The number of aromatic nitrogens is 1. The summed E-state index contributed by atoms with van der Waals surface area (Å²) in [5.41, 5.74) is 0.264. The minimum Gasteiger partial charge on any atom is -0.478 e. The normalized spacial score (nSPS) is 11.2. The van der Waals surface area contributed by atoms with Gasteiger partial charge in [0.1, 0.15) is 5.75 Å². The molecule has 4 nitrogen and oxygen atoms in total. The number of halogens is 3. The number of pyridine rings is 1. The van der Waals surface area contributed by atoms with Crippen LogP contribution >= 0.6 is 0 Å². The van der Waals surface area contributed by atoms with Crippen LogP contribution in [0.5, 0.6) is 5.75 Å². The second-order valence-corrected chi connectivity index (χ2v) is 3.78. The molecule has 20 heavy (non-hydrogen) atoms. The summed E-state index contributed by atoms with van der Waals surface area (Å²) >= 11 is 0. The van der Waals surface area contributed by atoms with Gasteiger partial charge >= 0.3 is 12.3 Å². The molecule has 0 saturated carbocycles. The summed E-state index contributed by atoms with van der Waals surface area (Å²) < 4.78 is 40.8. The highest BCUT2D eigenvalue weighted by atomic mass is 19.4. The molecule has 1 aromatic heterocycles. The highest BCUT2D eigenvalue weighted by molar-refractivity contribution is 5.87. The van der Waals surface area contributed by atoms with Crippen molar-refractivity contribution < 1.29 is 27.8 Å². The van der Waals surface area contributed by atoms with Crippen molar-refractivity contribution in [1.29, 1.82) is 0 Å². The van der Waals surface area contributed by atoms with Crippen molar-refractivity contribution in [2.45, 2.75) is 6.36 Å². The first-order chi connectivity index (χ1) is 9.37. The first-order valence-corrected chi connectivity index (χ1v) is 5.41. The third-order valence-corrected chi connectivity index (χ3v) is 2.40. The Morgan fingerprint density at radius 2 is 1.85 bits per heavy atom. The van der Waals surface area contributed by atoms with Crippen LogP contribution in [0.1, 0.15) is 10.4 Å². The average Bonchev–Trinajstić information content (AvgIpc) is 2.37. The molecule has 7 heteroatoms. The zero-order chi connectivity index (χ0) is 14.8. The van der Waals surface area contributed by atoms with Gasteiger partial charge in [0, 0.05) is 11.8 Å². The van der Waals surface area contributed by atoms with Crippen LogP contribution in [0.4, 0.5) is 13.2 Å². The second kappa shape index (κ2) is 5.20. The van der Waals surface area contributed by atoms with E-state index in [4.69, 9.17) is 5.11 Å². The highest BCUT2D eigenvalue weighted by Gasteiger charge is 2.32. The molecule has 0 unspecified atom stereocenters. The first kappa shape index (κ1) is 13.9. The molecule has 0 aliphatic carbocycles. The standard InChI is InChI=1S/C13H8F3NO3/c14-13(15,16)20-11-4-2-1-3-9(11)10-6-5-8(7-17-10)12(18)19/h1-7H,(H,18,19). The van der Waals surface area contributed by atoms with Crippen molar-refractivity contribution in [3.63, 3.8) is 0 Å². The largest absolute Gasteiger partial charge is 0.573 e. The van der Waals surface area contributed by atoms with Crippen LogP contribution in [0, 0.1) is 0 Å². The van der Waals surface area contributed by atoms with Crippen LogP contribution < -0.4 is 4.74 Å². The van der Waals surface area contributed by atoms with Crippen molar-refractivity contribution in [1.82, 2.24) is 4.98 Å². The van der Waals surface area contributed by atoms with E-state index in [0.29, 0.717) is 0 Å². The zero-order valence-electron chi connectivity index (χ0n) is 9.89. The Kier molecular flexibility index (Phi) is 3.60. The summed E-state index contributed by atoms with van der Waals surface area (Å²) in [5, 5.41) is 8.74. The minimum atomic E-state index is -4.81. The molecule has 0 amide bonds. The van der Waals surface area contributed by atoms with Crippen molar-refractivity contribution in [2.75, 3.05) is 0 Å². The van der Waals surface area contributed by atoms with Gasteiger partial charge in [-0.15, -0.1) is 13.2 Å². The molecule has 0 aliphatic rings. The van der Waals surface area contributed by atoms with E-state index in [2.05, 4.69) is 9.72 Å². The maximum atomic E-state index is 12.3. The van der Waals surface area contributed by atoms with Crippen LogP contribution in [-0.4, -0.2) is 22.4 Å². The Bertz CT molecular complexity index is 624. The number of alkyl halides is 3. The van der Waals surface area contributed by atoms with Gasteiger partial charge in [0.2, 0.25) is 0 Å². The number of nitrogens with zero attached hydrogens (tertiary/aromatic N) is 1. The topological polar surface area (TPSA) is 59.4 Å². The predicted molar refractivity (Wildman–Crippen MR) is 63.3 cm³/mol. The fraction of sp³-hybridized carbons (Fsp3) is 0.0769. The molecule has 2 aromatic rings. The van der Waals surface area contributed by atoms with Crippen molar-refractivity contribution >= 4 is 5.97 Å². The van der Waals surface area contributed by atoms with Crippen LogP contribution in [0.3, 0.4) is 0 Å². The van der Waals surface area contributed by atoms with Crippen LogP contribution in [0.25, 0.3) is 11.3 Å². The maximum absolute atomic E-state index is 12.3. The zero-order valence-corrected chi connectivity index (χ0v) is 9.89. The summed E-state index contributed by atoms with van der Waals surface area (Å²) in [6, 6.07) is 8.08. The van der Waals surface area contributed by atoms with Gasteiger partial charge in [0.15, 0.2) is 0 Å². The molecule has 0 spiro atoms. The lowest BCUT2D eigenvalue weighted by molar-refractivity contribution is -0.274. The van der Waals surface area contributed by atoms with Gasteiger partial charge in [-0.3, -0.25) is 4.98 Å². The van der Waals surface area contributed by atoms with E-state index in [1.165, 1.54) is 30.3 Å². The molecule has 104 valence electrons. The number of rotatable bonds is 3. The molecular formula is C13H8F3NO3. The molecule has 0 fully saturated rings. The number of hydrogen-bond donors (Lipinski definition) is 1. The summed E-state index contributed by atoms with van der Waals surface area (Å²) in [5.74, 6) is -1.56. The second-order valence-electron chi connectivity index (χ2n) is 3.78. The Morgan fingerprint density at radius 1 is 1.15 bits per heavy atom. The number of aromatic carboxylic acids is 1.